The lowest BCUT2D eigenvalue weighted by Gasteiger charge is -2.38. The smallest absolute Gasteiger partial charge is 0.222 e. The van der Waals surface area contributed by atoms with Gasteiger partial charge >= 0.3 is 0 Å². The molecule has 1 aromatic carbocycles. The first kappa shape index (κ1) is 12.7. The third kappa shape index (κ3) is 2.66. The summed E-state index contributed by atoms with van der Waals surface area (Å²) in [7, 11) is 0. The summed E-state index contributed by atoms with van der Waals surface area (Å²) in [6, 6.07) is 8.62. The number of rotatable bonds is 3. The molecule has 2 aliphatic rings. The standard InChI is InChI=1S/C16H22N2O/c17-16(9-4-10-16)11-15(19)18-14-8-3-6-12-5-1-2-7-13(12)14/h1-2,5,7,14H,3-4,6,8-11,17H2,(H,18,19). The number of fused-ring (bicyclic) bond motifs is 1. The number of nitrogens with one attached hydrogen (secondary N) is 1. The van der Waals surface area contributed by atoms with Crippen LogP contribution < -0.4 is 11.1 Å². The summed E-state index contributed by atoms with van der Waals surface area (Å²) in [4.78, 5) is 12.1. The molecule has 0 spiro atoms. The second-order valence-electron chi connectivity index (χ2n) is 6.10. The molecule has 1 amide bonds. The van der Waals surface area contributed by atoms with Crippen molar-refractivity contribution in [2.45, 2.75) is 56.5 Å². The molecule has 1 aromatic rings. The molecule has 1 fully saturated rings. The van der Waals surface area contributed by atoms with E-state index < -0.39 is 0 Å². The molecule has 1 atom stereocenters. The van der Waals surface area contributed by atoms with Crippen LogP contribution in [0.4, 0.5) is 0 Å². The Balaban J connectivity index is 1.66. The zero-order chi connectivity index (χ0) is 13.3. The van der Waals surface area contributed by atoms with Gasteiger partial charge in [-0.1, -0.05) is 24.3 Å². The van der Waals surface area contributed by atoms with Gasteiger partial charge in [-0.3, -0.25) is 4.79 Å². The van der Waals surface area contributed by atoms with Crippen molar-refractivity contribution in [3.63, 3.8) is 0 Å². The highest BCUT2D eigenvalue weighted by Crippen LogP contribution is 2.33. The second kappa shape index (κ2) is 4.97. The van der Waals surface area contributed by atoms with Gasteiger partial charge in [0.05, 0.1) is 6.04 Å². The van der Waals surface area contributed by atoms with Crippen LogP contribution in [-0.4, -0.2) is 11.4 Å². The summed E-state index contributed by atoms with van der Waals surface area (Å²) in [6.45, 7) is 0. The van der Waals surface area contributed by atoms with E-state index in [-0.39, 0.29) is 17.5 Å². The molecule has 2 aliphatic carbocycles. The quantitative estimate of drug-likeness (QED) is 0.875. The minimum absolute atomic E-state index is 0.115. The fourth-order valence-electron chi connectivity index (χ4n) is 3.28. The van der Waals surface area contributed by atoms with Crippen molar-refractivity contribution in [3.8, 4) is 0 Å². The first-order valence-electron chi connectivity index (χ1n) is 7.32. The summed E-state index contributed by atoms with van der Waals surface area (Å²) in [5.74, 6) is 0.115. The maximum absolute atomic E-state index is 12.1. The average Bonchev–Trinajstić information content (AvgIpc) is 2.37. The second-order valence-corrected chi connectivity index (χ2v) is 6.10. The van der Waals surface area contributed by atoms with Gasteiger partial charge < -0.3 is 11.1 Å². The maximum Gasteiger partial charge on any atom is 0.222 e. The van der Waals surface area contributed by atoms with Crippen LogP contribution in [0.2, 0.25) is 0 Å². The van der Waals surface area contributed by atoms with E-state index in [1.165, 1.54) is 11.1 Å². The number of nitrogens with two attached hydrogens (primary N) is 1. The number of aryl methyl sites for hydroxylation is 1. The Morgan fingerprint density at radius 2 is 2.11 bits per heavy atom. The zero-order valence-corrected chi connectivity index (χ0v) is 11.3. The number of benzene rings is 1. The van der Waals surface area contributed by atoms with E-state index >= 15 is 0 Å². The van der Waals surface area contributed by atoms with Crippen molar-refractivity contribution < 1.29 is 4.79 Å². The van der Waals surface area contributed by atoms with Crippen LogP contribution in [0.5, 0.6) is 0 Å². The molecule has 1 unspecified atom stereocenters. The molecule has 0 heterocycles. The number of amides is 1. The molecule has 1 saturated carbocycles. The number of hydrogen-bond acceptors (Lipinski definition) is 2. The summed E-state index contributed by atoms with van der Waals surface area (Å²) in [6.07, 6.45) is 6.93. The fraction of sp³-hybridized carbons (Fsp3) is 0.562. The molecule has 0 saturated heterocycles. The van der Waals surface area contributed by atoms with E-state index in [4.69, 9.17) is 5.73 Å². The lowest BCUT2D eigenvalue weighted by molar-refractivity contribution is -0.123. The third-order valence-corrected chi connectivity index (χ3v) is 4.57. The van der Waals surface area contributed by atoms with Gasteiger partial charge in [-0.25, -0.2) is 0 Å². The Hall–Kier alpha value is -1.35. The lowest BCUT2D eigenvalue weighted by atomic mass is 9.75. The number of carbonyl (C=O) groups is 1. The van der Waals surface area contributed by atoms with Gasteiger partial charge in [-0.15, -0.1) is 0 Å². The van der Waals surface area contributed by atoms with Gasteiger partial charge in [0.2, 0.25) is 5.91 Å². The average molecular weight is 258 g/mol. The Kier molecular flexibility index (Phi) is 3.31. The van der Waals surface area contributed by atoms with Crippen molar-refractivity contribution in [2.24, 2.45) is 5.73 Å². The molecule has 0 aromatic heterocycles. The van der Waals surface area contributed by atoms with Crippen molar-refractivity contribution in [1.29, 1.82) is 0 Å². The predicted molar refractivity (Wildman–Crippen MR) is 75.7 cm³/mol. The molecule has 0 bridgehead atoms. The molecule has 0 aliphatic heterocycles. The summed E-state index contributed by atoms with van der Waals surface area (Å²) in [5, 5.41) is 3.18. The number of hydrogen-bond donors (Lipinski definition) is 2. The molecule has 3 N–H and O–H groups in total. The van der Waals surface area contributed by atoms with Crippen molar-refractivity contribution in [3.05, 3.63) is 35.4 Å². The molecule has 19 heavy (non-hydrogen) atoms. The largest absolute Gasteiger partial charge is 0.349 e. The van der Waals surface area contributed by atoms with Crippen LogP contribution in [0.25, 0.3) is 0 Å². The van der Waals surface area contributed by atoms with E-state index in [0.29, 0.717) is 6.42 Å². The van der Waals surface area contributed by atoms with Crippen LogP contribution in [0.15, 0.2) is 24.3 Å². The van der Waals surface area contributed by atoms with Gasteiger partial charge in [0.25, 0.3) is 0 Å². The molecular formula is C16H22N2O. The van der Waals surface area contributed by atoms with Crippen LogP contribution >= 0.6 is 0 Å². The van der Waals surface area contributed by atoms with Crippen molar-refractivity contribution >= 4 is 5.91 Å². The fourth-order valence-corrected chi connectivity index (χ4v) is 3.28. The van der Waals surface area contributed by atoms with E-state index in [2.05, 4.69) is 29.6 Å². The normalized spacial score (nSPS) is 24.2. The molecule has 3 nitrogen and oxygen atoms in total. The summed E-state index contributed by atoms with van der Waals surface area (Å²) in [5.41, 5.74) is 8.59. The SMILES string of the molecule is NC1(CC(=O)NC2CCCc3ccccc32)CCC1. The minimum atomic E-state index is -0.224. The third-order valence-electron chi connectivity index (χ3n) is 4.57. The first-order valence-corrected chi connectivity index (χ1v) is 7.32. The van der Waals surface area contributed by atoms with Gasteiger partial charge in [0.15, 0.2) is 0 Å². The highest BCUT2D eigenvalue weighted by Gasteiger charge is 2.35. The van der Waals surface area contributed by atoms with Gasteiger partial charge in [0.1, 0.15) is 0 Å². The Morgan fingerprint density at radius 3 is 2.84 bits per heavy atom. The Morgan fingerprint density at radius 1 is 1.32 bits per heavy atom. The highest BCUT2D eigenvalue weighted by atomic mass is 16.1. The van der Waals surface area contributed by atoms with Crippen molar-refractivity contribution in [2.75, 3.05) is 0 Å². The molecule has 102 valence electrons. The molecule has 3 heteroatoms. The molecule has 0 radical (unpaired) electrons. The Bertz CT molecular complexity index is 479. The summed E-state index contributed by atoms with van der Waals surface area (Å²) < 4.78 is 0. The number of carbonyl (C=O) groups excluding carboxylic acids is 1. The van der Waals surface area contributed by atoms with Crippen LogP contribution in [0.3, 0.4) is 0 Å². The Labute approximate surface area is 114 Å². The molecular weight excluding hydrogens is 236 g/mol. The monoisotopic (exact) mass is 258 g/mol. The topological polar surface area (TPSA) is 55.1 Å². The minimum Gasteiger partial charge on any atom is -0.349 e. The first-order chi connectivity index (χ1) is 9.16. The van der Waals surface area contributed by atoms with Gasteiger partial charge in [0, 0.05) is 12.0 Å². The van der Waals surface area contributed by atoms with E-state index in [9.17, 15) is 4.79 Å². The van der Waals surface area contributed by atoms with Crippen LogP contribution in [0, 0.1) is 0 Å². The predicted octanol–water partition coefficient (Wildman–Crippen LogP) is 2.45. The van der Waals surface area contributed by atoms with E-state index in [1.54, 1.807) is 0 Å². The van der Waals surface area contributed by atoms with Crippen LogP contribution in [0.1, 0.15) is 55.7 Å². The van der Waals surface area contributed by atoms with Gasteiger partial charge in [-0.2, -0.15) is 0 Å². The summed E-state index contributed by atoms with van der Waals surface area (Å²) >= 11 is 0. The molecule has 3 rings (SSSR count). The van der Waals surface area contributed by atoms with E-state index in [1.807, 2.05) is 0 Å². The highest BCUT2D eigenvalue weighted by molar-refractivity contribution is 5.78. The maximum atomic E-state index is 12.1. The van der Waals surface area contributed by atoms with Gasteiger partial charge in [-0.05, 0) is 49.7 Å². The van der Waals surface area contributed by atoms with E-state index in [0.717, 1.165) is 38.5 Å². The van der Waals surface area contributed by atoms with Crippen molar-refractivity contribution in [1.82, 2.24) is 5.32 Å². The van der Waals surface area contributed by atoms with Crippen LogP contribution in [-0.2, 0) is 11.2 Å². The zero-order valence-electron chi connectivity index (χ0n) is 11.3. The lowest BCUT2D eigenvalue weighted by Crippen LogP contribution is -2.50.